The lowest BCUT2D eigenvalue weighted by molar-refractivity contribution is 0.0699. The molecule has 3 aromatic rings. The Bertz CT molecular complexity index is 1130. The minimum Gasteiger partial charge on any atom is -0.494 e. The van der Waals surface area contributed by atoms with Crippen LogP contribution in [0.3, 0.4) is 0 Å². The van der Waals surface area contributed by atoms with E-state index < -0.39 is 5.97 Å². The Morgan fingerprint density at radius 2 is 1.90 bits per heavy atom. The maximum Gasteiger partial charge on any atom is 0.339 e. The minimum atomic E-state index is -1.09. The second-order valence-corrected chi connectivity index (χ2v) is 10.8. The molecule has 0 saturated heterocycles. The summed E-state index contributed by atoms with van der Waals surface area (Å²) in [4.78, 5) is 24.9. The number of benzene rings is 2. The molecule has 0 aliphatic carbocycles. The fourth-order valence-electron chi connectivity index (χ4n) is 2.63. The van der Waals surface area contributed by atoms with E-state index in [1.165, 1.54) is 11.3 Å². The molecule has 0 atom stereocenters. The Labute approximate surface area is 220 Å². The van der Waals surface area contributed by atoms with Crippen LogP contribution in [0.25, 0.3) is 11.1 Å². The van der Waals surface area contributed by atoms with Crippen LogP contribution in [0.5, 0.6) is 5.75 Å². The van der Waals surface area contributed by atoms with Gasteiger partial charge in [0.25, 0.3) is 5.91 Å². The summed E-state index contributed by atoms with van der Waals surface area (Å²) in [5.41, 5.74) is 1.87. The molecule has 10 heteroatoms. The monoisotopic (exact) mass is 809 g/mol. The standard InChI is InChI=1S/C19H11BrI3NO4S/c1-28-16-12(21)6-10(14(22)15(16)23)17(25)24-18-13(19(26)27)11(7-29-18)8-3-2-4-9(20)5-8/h2-7H,1H3,(H,24,25)(H,26,27). The Balaban J connectivity index is 2.01. The van der Waals surface area contributed by atoms with E-state index in [9.17, 15) is 14.7 Å². The summed E-state index contributed by atoms with van der Waals surface area (Å²) < 4.78 is 8.63. The van der Waals surface area contributed by atoms with Gasteiger partial charge >= 0.3 is 5.97 Å². The number of carbonyl (C=O) groups is 2. The topological polar surface area (TPSA) is 75.6 Å². The second kappa shape index (κ2) is 9.78. The first-order valence-electron chi connectivity index (χ1n) is 7.88. The molecule has 0 aliphatic heterocycles. The highest BCUT2D eigenvalue weighted by molar-refractivity contribution is 14.1. The largest absolute Gasteiger partial charge is 0.494 e. The summed E-state index contributed by atoms with van der Waals surface area (Å²) in [6, 6.07) is 9.12. The number of carbonyl (C=O) groups excluding carboxylic acids is 1. The maximum atomic E-state index is 13.0. The molecule has 150 valence electrons. The summed E-state index contributed by atoms with van der Waals surface area (Å²) >= 11 is 11.0. The van der Waals surface area contributed by atoms with Crippen LogP contribution >= 0.6 is 95.0 Å². The first-order valence-corrected chi connectivity index (χ1v) is 12.8. The molecule has 29 heavy (non-hydrogen) atoms. The summed E-state index contributed by atoms with van der Waals surface area (Å²) in [6.07, 6.45) is 0. The zero-order chi connectivity index (χ0) is 21.3. The van der Waals surface area contributed by atoms with E-state index in [1.54, 1.807) is 18.6 Å². The number of carboxylic acids is 1. The smallest absolute Gasteiger partial charge is 0.339 e. The van der Waals surface area contributed by atoms with Crippen molar-refractivity contribution in [2.75, 3.05) is 12.4 Å². The van der Waals surface area contributed by atoms with Gasteiger partial charge in [0.1, 0.15) is 16.3 Å². The van der Waals surface area contributed by atoms with Crippen LogP contribution < -0.4 is 10.1 Å². The van der Waals surface area contributed by atoms with E-state index in [0.29, 0.717) is 21.9 Å². The quantitative estimate of drug-likeness (QED) is 0.216. The van der Waals surface area contributed by atoms with E-state index >= 15 is 0 Å². The molecule has 2 N–H and O–H groups in total. The number of ether oxygens (including phenoxy) is 1. The normalized spacial score (nSPS) is 10.7. The van der Waals surface area contributed by atoms with Crippen molar-refractivity contribution in [1.29, 1.82) is 0 Å². The number of nitrogens with one attached hydrogen (secondary N) is 1. The van der Waals surface area contributed by atoms with Gasteiger partial charge in [0.2, 0.25) is 0 Å². The summed E-state index contributed by atoms with van der Waals surface area (Å²) in [6.45, 7) is 0. The third kappa shape index (κ3) is 4.91. The van der Waals surface area contributed by atoms with Crippen molar-refractivity contribution in [2.24, 2.45) is 0 Å². The van der Waals surface area contributed by atoms with Gasteiger partial charge in [-0.1, -0.05) is 28.1 Å². The van der Waals surface area contributed by atoms with E-state index in [1.807, 2.05) is 24.3 Å². The van der Waals surface area contributed by atoms with Gasteiger partial charge in [-0.2, -0.15) is 0 Å². The van der Waals surface area contributed by atoms with E-state index in [0.717, 1.165) is 20.7 Å². The molecule has 0 unspecified atom stereocenters. The van der Waals surface area contributed by atoms with Crippen LogP contribution in [0.1, 0.15) is 20.7 Å². The first-order chi connectivity index (χ1) is 13.7. The lowest BCUT2D eigenvalue weighted by atomic mass is 10.0. The molecule has 0 radical (unpaired) electrons. The SMILES string of the molecule is COc1c(I)cc(C(=O)Nc2scc(-c3cccc(Br)c3)c2C(=O)O)c(I)c1I. The fourth-order valence-corrected chi connectivity index (χ4v) is 6.75. The lowest BCUT2D eigenvalue weighted by Gasteiger charge is -2.13. The van der Waals surface area contributed by atoms with Crippen LogP contribution in [0.4, 0.5) is 5.00 Å². The van der Waals surface area contributed by atoms with E-state index in [4.69, 9.17) is 4.74 Å². The highest BCUT2D eigenvalue weighted by Crippen LogP contribution is 2.38. The highest BCUT2D eigenvalue weighted by atomic mass is 127. The van der Waals surface area contributed by atoms with Crippen LogP contribution in [0, 0.1) is 10.7 Å². The lowest BCUT2D eigenvalue weighted by Crippen LogP contribution is -2.16. The number of hydrogen-bond acceptors (Lipinski definition) is 4. The fraction of sp³-hybridized carbons (Fsp3) is 0.0526. The zero-order valence-electron chi connectivity index (χ0n) is 14.6. The van der Waals surface area contributed by atoms with Crippen molar-refractivity contribution in [3.8, 4) is 16.9 Å². The van der Waals surface area contributed by atoms with Crippen LogP contribution in [0.2, 0.25) is 0 Å². The number of methoxy groups -OCH3 is 1. The van der Waals surface area contributed by atoms with Gasteiger partial charge in [0.05, 0.1) is 19.8 Å². The van der Waals surface area contributed by atoms with Gasteiger partial charge in [-0.3, -0.25) is 4.79 Å². The zero-order valence-corrected chi connectivity index (χ0v) is 23.4. The first kappa shape index (κ1) is 23.2. The van der Waals surface area contributed by atoms with Crippen molar-refractivity contribution in [1.82, 2.24) is 0 Å². The number of carboxylic acid groups (broad SMARTS) is 1. The molecular formula is C19H11BrI3NO4S. The van der Waals surface area contributed by atoms with E-state index in [2.05, 4.69) is 89.0 Å². The third-order valence-corrected chi connectivity index (χ3v) is 9.30. The van der Waals surface area contributed by atoms with E-state index in [-0.39, 0.29) is 11.5 Å². The average Bonchev–Trinajstić information content (AvgIpc) is 3.09. The van der Waals surface area contributed by atoms with Crippen LogP contribution in [-0.4, -0.2) is 24.1 Å². The van der Waals surface area contributed by atoms with Crippen molar-refractivity contribution in [2.45, 2.75) is 0 Å². The predicted octanol–water partition coefficient (Wildman–Crippen LogP) is 6.95. The van der Waals surface area contributed by atoms with Gasteiger partial charge < -0.3 is 15.2 Å². The molecule has 0 spiro atoms. The number of thiophene rings is 1. The van der Waals surface area contributed by atoms with Gasteiger partial charge in [-0.05, 0) is 91.5 Å². The number of rotatable bonds is 5. The average molecular weight is 810 g/mol. The van der Waals surface area contributed by atoms with Crippen LogP contribution in [0.15, 0.2) is 40.2 Å². The molecule has 0 fully saturated rings. The molecule has 0 saturated carbocycles. The molecular weight excluding hydrogens is 799 g/mol. The molecule has 1 aromatic heterocycles. The predicted molar refractivity (Wildman–Crippen MR) is 144 cm³/mol. The van der Waals surface area contributed by atoms with Crippen molar-refractivity contribution in [3.63, 3.8) is 0 Å². The number of halogens is 4. The summed E-state index contributed by atoms with van der Waals surface area (Å²) in [5.74, 6) is -0.741. The molecule has 1 heterocycles. The Morgan fingerprint density at radius 3 is 2.52 bits per heavy atom. The molecule has 5 nitrogen and oxygen atoms in total. The number of hydrogen-bond donors (Lipinski definition) is 2. The van der Waals surface area contributed by atoms with Crippen molar-refractivity contribution < 1.29 is 19.4 Å². The second-order valence-electron chi connectivity index (χ2n) is 5.69. The number of amides is 1. The highest BCUT2D eigenvalue weighted by Gasteiger charge is 2.24. The third-order valence-electron chi connectivity index (χ3n) is 3.93. The van der Waals surface area contributed by atoms with Gasteiger partial charge in [-0.25, -0.2) is 4.79 Å². The van der Waals surface area contributed by atoms with Gasteiger partial charge in [0, 0.05) is 19.0 Å². The molecule has 2 aromatic carbocycles. The Kier molecular flexibility index (Phi) is 7.83. The summed E-state index contributed by atoms with van der Waals surface area (Å²) in [5, 5.41) is 14.6. The molecule has 0 bridgehead atoms. The molecule has 1 amide bonds. The van der Waals surface area contributed by atoms with Crippen molar-refractivity contribution in [3.05, 3.63) is 62.0 Å². The van der Waals surface area contributed by atoms with Gasteiger partial charge in [0.15, 0.2) is 0 Å². The Morgan fingerprint density at radius 1 is 1.17 bits per heavy atom. The molecule has 0 aliphatic rings. The number of anilines is 1. The van der Waals surface area contributed by atoms with Crippen molar-refractivity contribution >= 4 is 112 Å². The Hall–Kier alpha value is -0.450. The van der Waals surface area contributed by atoms with Gasteiger partial charge in [-0.15, -0.1) is 11.3 Å². The maximum absolute atomic E-state index is 13.0. The minimum absolute atomic E-state index is 0.0781. The number of aromatic carboxylic acids is 1. The summed E-state index contributed by atoms with van der Waals surface area (Å²) in [7, 11) is 1.59. The van der Waals surface area contributed by atoms with Crippen LogP contribution in [-0.2, 0) is 0 Å². The molecule has 3 rings (SSSR count).